The van der Waals surface area contributed by atoms with E-state index in [0.717, 1.165) is 18.9 Å². The lowest BCUT2D eigenvalue weighted by atomic mass is 9.70. The smallest absolute Gasteiger partial charge is 0.460 e. The molecular weight excluding hydrogens is 355 g/mol. The Morgan fingerprint density at radius 3 is 2.19 bits per heavy atom. The minimum atomic E-state index is -1.66. The van der Waals surface area contributed by atoms with E-state index in [0.29, 0.717) is 6.42 Å². The van der Waals surface area contributed by atoms with E-state index in [9.17, 15) is 4.79 Å². The van der Waals surface area contributed by atoms with Gasteiger partial charge in [-0.05, 0) is 39.9 Å². The molecule has 6 heteroatoms. The van der Waals surface area contributed by atoms with Gasteiger partial charge in [0, 0.05) is 6.42 Å². The van der Waals surface area contributed by atoms with Gasteiger partial charge < -0.3 is 14.0 Å². The monoisotopic (exact) mass is 390 g/mol. The summed E-state index contributed by atoms with van der Waals surface area (Å²) in [4.78, 5) is 11.6. The van der Waals surface area contributed by atoms with E-state index in [2.05, 4.69) is 71.1 Å². The highest BCUT2D eigenvalue weighted by Gasteiger charge is 2.54. The molecule has 0 saturated carbocycles. The molecule has 0 spiro atoms. The van der Waals surface area contributed by atoms with E-state index < -0.39 is 8.07 Å². The zero-order valence-electron chi connectivity index (χ0n) is 18.0. The van der Waals surface area contributed by atoms with Crippen molar-refractivity contribution < 1.29 is 18.8 Å². The first-order valence-electron chi connectivity index (χ1n) is 9.96. The third kappa shape index (κ3) is 5.46. The molecule has 2 rings (SSSR count). The molecule has 27 heavy (non-hydrogen) atoms. The van der Waals surface area contributed by atoms with Gasteiger partial charge in [-0.1, -0.05) is 61.1 Å². The Morgan fingerprint density at radius 2 is 1.67 bits per heavy atom. The molecule has 150 valence electrons. The third-order valence-corrected chi connectivity index (χ3v) is 9.61. The fourth-order valence-corrected chi connectivity index (χ4v) is 6.73. The van der Waals surface area contributed by atoms with E-state index in [1.807, 2.05) is 0 Å². The fourth-order valence-electron chi connectivity index (χ4n) is 3.69. The van der Waals surface area contributed by atoms with Crippen LogP contribution in [0.4, 0.5) is 0 Å². The van der Waals surface area contributed by atoms with Crippen LogP contribution in [0.3, 0.4) is 0 Å². The summed E-state index contributed by atoms with van der Waals surface area (Å²) in [6.45, 7) is 13.2. The quantitative estimate of drug-likeness (QED) is 0.487. The predicted octanol–water partition coefficient (Wildman–Crippen LogP) is 4.41. The summed E-state index contributed by atoms with van der Waals surface area (Å²) in [5.41, 5.74) is -0.673. The summed E-state index contributed by atoms with van der Waals surface area (Å²) < 4.78 is 17.6. The average Bonchev–Trinajstić information content (AvgIpc) is 2.82. The maximum atomic E-state index is 11.6. The largest absolute Gasteiger partial charge is 0.469 e. The zero-order valence-corrected chi connectivity index (χ0v) is 19.0. The fraction of sp³-hybridized carbons (Fsp3) is 0.667. The van der Waals surface area contributed by atoms with Crippen LogP contribution in [0.2, 0.25) is 25.0 Å². The number of benzene rings is 1. The topological polar surface area (TPSA) is 44.8 Å². The summed E-state index contributed by atoms with van der Waals surface area (Å²) in [5.74, 6) is 0.111. The van der Waals surface area contributed by atoms with E-state index in [1.165, 1.54) is 12.3 Å². The Bertz CT molecular complexity index is 614. The Labute approximate surface area is 166 Å². The Hall–Kier alpha value is -1.11. The number of carbonyl (C=O) groups is 1. The van der Waals surface area contributed by atoms with Crippen molar-refractivity contribution in [2.45, 2.75) is 83.1 Å². The summed E-state index contributed by atoms with van der Waals surface area (Å²) in [7, 11) is -0.454. The maximum Gasteiger partial charge on any atom is 0.460 e. The van der Waals surface area contributed by atoms with Crippen LogP contribution < -0.4 is 5.19 Å². The second-order valence-electron chi connectivity index (χ2n) is 9.31. The summed E-state index contributed by atoms with van der Waals surface area (Å²) in [6, 6.07) is 11.8. The molecule has 0 N–H and O–H groups in total. The van der Waals surface area contributed by atoms with Gasteiger partial charge in [0.05, 0.1) is 26.4 Å². The lowest BCUT2D eigenvalue weighted by Gasteiger charge is -2.32. The normalized spacial score (nSPS) is 19.7. The molecule has 0 amide bonds. The lowest BCUT2D eigenvalue weighted by molar-refractivity contribution is -0.140. The molecule has 1 fully saturated rings. The molecule has 1 atom stereocenters. The van der Waals surface area contributed by atoms with Crippen molar-refractivity contribution in [2.75, 3.05) is 7.11 Å². The van der Waals surface area contributed by atoms with E-state index in [-0.39, 0.29) is 30.1 Å². The first-order chi connectivity index (χ1) is 12.5. The molecule has 1 aliphatic heterocycles. The minimum absolute atomic E-state index is 0.151. The molecule has 1 unspecified atom stereocenters. The zero-order chi connectivity index (χ0) is 20.3. The molecule has 0 bridgehead atoms. The van der Waals surface area contributed by atoms with Crippen molar-refractivity contribution in [2.24, 2.45) is 0 Å². The second kappa shape index (κ2) is 8.50. The first kappa shape index (κ1) is 22.2. The van der Waals surface area contributed by atoms with Crippen LogP contribution in [-0.2, 0) is 18.8 Å². The number of esters is 1. The average molecular weight is 390 g/mol. The van der Waals surface area contributed by atoms with Gasteiger partial charge in [0.1, 0.15) is 0 Å². The molecule has 0 aliphatic carbocycles. The number of hydrogen-bond donors (Lipinski definition) is 0. The predicted molar refractivity (Wildman–Crippen MR) is 114 cm³/mol. The van der Waals surface area contributed by atoms with Gasteiger partial charge >= 0.3 is 13.1 Å². The van der Waals surface area contributed by atoms with Crippen LogP contribution in [0.1, 0.15) is 47.0 Å². The highest BCUT2D eigenvalue weighted by atomic mass is 28.3. The summed E-state index contributed by atoms with van der Waals surface area (Å²) in [6.07, 6.45) is 2.13. The van der Waals surface area contributed by atoms with Crippen molar-refractivity contribution >= 4 is 26.3 Å². The van der Waals surface area contributed by atoms with E-state index in [4.69, 9.17) is 14.0 Å². The van der Waals surface area contributed by atoms with Crippen molar-refractivity contribution in [3.63, 3.8) is 0 Å². The number of carbonyl (C=O) groups excluding carboxylic acids is 1. The van der Waals surface area contributed by atoms with Crippen LogP contribution in [-0.4, -0.2) is 39.5 Å². The van der Waals surface area contributed by atoms with Gasteiger partial charge in [0.2, 0.25) is 0 Å². The maximum absolute atomic E-state index is 11.6. The summed E-state index contributed by atoms with van der Waals surface area (Å²) in [5, 5.41) is 1.44. The molecule has 1 aromatic carbocycles. The highest BCUT2D eigenvalue weighted by molar-refractivity contribution is 6.90. The van der Waals surface area contributed by atoms with Gasteiger partial charge in [-0.15, -0.1) is 0 Å². The van der Waals surface area contributed by atoms with Crippen molar-refractivity contribution in [3.05, 3.63) is 30.3 Å². The molecule has 0 aromatic heterocycles. The Kier molecular flexibility index (Phi) is 6.98. The van der Waals surface area contributed by atoms with Gasteiger partial charge in [-0.25, -0.2) is 0 Å². The highest BCUT2D eigenvalue weighted by Crippen LogP contribution is 2.43. The van der Waals surface area contributed by atoms with Crippen LogP contribution in [0.5, 0.6) is 0 Å². The van der Waals surface area contributed by atoms with E-state index >= 15 is 0 Å². The summed E-state index contributed by atoms with van der Waals surface area (Å²) >= 11 is 0. The van der Waals surface area contributed by atoms with Crippen LogP contribution in [0.25, 0.3) is 0 Å². The van der Waals surface area contributed by atoms with Crippen LogP contribution in [0, 0.1) is 0 Å². The van der Waals surface area contributed by atoms with Crippen LogP contribution in [0.15, 0.2) is 30.3 Å². The Balaban J connectivity index is 2.16. The van der Waals surface area contributed by atoms with Gasteiger partial charge in [-0.2, -0.15) is 0 Å². The second-order valence-corrected chi connectivity index (χ2v) is 14.1. The van der Waals surface area contributed by atoms with Gasteiger partial charge in [-0.3, -0.25) is 4.79 Å². The van der Waals surface area contributed by atoms with Crippen molar-refractivity contribution in [3.8, 4) is 0 Å². The van der Waals surface area contributed by atoms with Crippen molar-refractivity contribution in [1.82, 2.24) is 0 Å². The number of rotatable bonds is 8. The molecule has 4 nitrogen and oxygen atoms in total. The lowest BCUT2D eigenvalue weighted by Crippen LogP contribution is -2.44. The first-order valence-corrected chi connectivity index (χ1v) is 13.2. The molecule has 1 heterocycles. The third-order valence-electron chi connectivity index (χ3n) is 6.17. The van der Waals surface area contributed by atoms with Gasteiger partial charge in [0.25, 0.3) is 0 Å². The molecule has 1 aromatic rings. The number of ether oxygens (including phenoxy) is 1. The van der Waals surface area contributed by atoms with Crippen LogP contribution >= 0.6 is 0 Å². The Morgan fingerprint density at radius 1 is 1.11 bits per heavy atom. The molecule has 1 aliphatic rings. The minimum Gasteiger partial charge on any atom is -0.469 e. The molecule has 1 saturated heterocycles. The standard InChI is InChI=1S/C21H35BO4Si/c1-20(2)21(3,4)26-22(25-20)17(12-11-15-19(23)24-5)16-27(6,7)18-13-9-8-10-14-18/h8-10,13-14,17H,11-12,15-16H2,1-7H3. The van der Waals surface area contributed by atoms with Gasteiger partial charge in [0.15, 0.2) is 0 Å². The SMILES string of the molecule is COC(=O)CCCC(C[Si](C)(C)c1ccccc1)B1OC(C)(C)C(C)(C)O1. The number of hydrogen-bond acceptors (Lipinski definition) is 4. The van der Waals surface area contributed by atoms with E-state index in [1.54, 1.807) is 0 Å². The number of methoxy groups -OCH3 is 1. The molecule has 0 radical (unpaired) electrons. The van der Waals surface area contributed by atoms with Crippen molar-refractivity contribution in [1.29, 1.82) is 0 Å². The molecular formula is C21H35BO4Si.